The smallest absolute Gasteiger partial charge is 0.276 e. The van der Waals surface area contributed by atoms with E-state index in [1.807, 2.05) is 36.6 Å². The summed E-state index contributed by atoms with van der Waals surface area (Å²) < 4.78 is 0.888. The highest BCUT2D eigenvalue weighted by atomic mass is 79.9. The van der Waals surface area contributed by atoms with Crippen molar-refractivity contribution >= 4 is 44.5 Å². The molecule has 0 saturated heterocycles. The number of thioether (sulfide) groups is 1. The SMILES string of the molecule is CSC1=NN2C(=c3cc(Br)ccc3=N[C@@H]2c2ccncc2)C(=O)N1. The highest BCUT2D eigenvalue weighted by molar-refractivity contribution is 9.10. The summed E-state index contributed by atoms with van der Waals surface area (Å²) in [6.07, 6.45) is 4.90. The Morgan fingerprint density at radius 1 is 1.25 bits per heavy atom. The predicted molar refractivity (Wildman–Crippen MR) is 96.2 cm³/mol. The molecule has 2 aromatic rings. The van der Waals surface area contributed by atoms with Crippen LogP contribution in [-0.4, -0.2) is 27.3 Å². The average Bonchev–Trinajstić information content (AvgIpc) is 2.61. The molecule has 1 amide bonds. The summed E-state index contributed by atoms with van der Waals surface area (Å²) in [5.41, 5.74) is 1.43. The molecule has 0 unspecified atom stereocenters. The van der Waals surface area contributed by atoms with E-state index in [1.54, 1.807) is 17.4 Å². The summed E-state index contributed by atoms with van der Waals surface area (Å²) in [4.78, 5) is 21.6. The van der Waals surface area contributed by atoms with Gasteiger partial charge >= 0.3 is 0 Å². The molecule has 0 spiro atoms. The van der Waals surface area contributed by atoms with E-state index < -0.39 is 6.17 Å². The Bertz CT molecular complexity index is 976. The van der Waals surface area contributed by atoms with Gasteiger partial charge in [-0.1, -0.05) is 27.7 Å². The molecule has 6 nitrogen and oxygen atoms in total. The molecule has 0 radical (unpaired) electrons. The summed E-state index contributed by atoms with van der Waals surface area (Å²) in [6.45, 7) is 0. The molecule has 0 fully saturated rings. The minimum Gasteiger partial charge on any atom is -0.298 e. The van der Waals surface area contributed by atoms with Gasteiger partial charge in [0.05, 0.1) is 5.36 Å². The quantitative estimate of drug-likeness (QED) is 0.782. The summed E-state index contributed by atoms with van der Waals surface area (Å²) in [5, 5.41) is 11.2. The van der Waals surface area contributed by atoms with Crippen molar-refractivity contribution in [3.8, 4) is 0 Å². The first kappa shape index (κ1) is 15.3. The van der Waals surface area contributed by atoms with Crippen molar-refractivity contribution in [2.45, 2.75) is 6.17 Å². The van der Waals surface area contributed by atoms with Gasteiger partial charge < -0.3 is 0 Å². The molecule has 24 heavy (non-hydrogen) atoms. The fraction of sp³-hybridized carbons (Fsp3) is 0.125. The zero-order valence-corrected chi connectivity index (χ0v) is 15.0. The molecular formula is C16H12BrN5OS. The highest BCUT2D eigenvalue weighted by Gasteiger charge is 2.34. The maximum Gasteiger partial charge on any atom is 0.276 e. The van der Waals surface area contributed by atoms with Crippen LogP contribution in [0.1, 0.15) is 11.7 Å². The Morgan fingerprint density at radius 3 is 2.79 bits per heavy atom. The average molecular weight is 402 g/mol. The maximum atomic E-state index is 12.7. The van der Waals surface area contributed by atoms with Gasteiger partial charge in [0, 0.05) is 27.6 Å². The maximum absolute atomic E-state index is 12.7. The number of amidine groups is 1. The molecule has 3 heterocycles. The molecule has 120 valence electrons. The number of amides is 1. The van der Waals surface area contributed by atoms with Crippen molar-refractivity contribution in [2.24, 2.45) is 10.1 Å². The van der Waals surface area contributed by atoms with Crippen LogP contribution in [0, 0.1) is 0 Å². The van der Waals surface area contributed by atoms with Crippen LogP contribution in [0.5, 0.6) is 0 Å². The third-order valence-corrected chi connectivity index (χ3v) is 4.83. The molecule has 0 aliphatic carbocycles. The number of pyridine rings is 1. The van der Waals surface area contributed by atoms with Crippen molar-refractivity contribution < 1.29 is 4.79 Å². The first-order chi connectivity index (χ1) is 11.7. The van der Waals surface area contributed by atoms with Gasteiger partial charge in [-0.05, 0) is 36.6 Å². The van der Waals surface area contributed by atoms with Gasteiger partial charge in [-0.3, -0.25) is 20.1 Å². The van der Waals surface area contributed by atoms with E-state index >= 15 is 0 Å². The number of aromatic nitrogens is 1. The Hall–Kier alpha value is -2.19. The second-order valence-electron chi connectivity index (χ2n) is 5.20. The Balaban J connectivity index is 2.02. The number of halogens is 1. The van der Waals surface area contributed by atoms with Crippen molar-refractivity contribution in [3.05, 3.63) is 63.3 Å². The standard InChI is InChI=1S/C16H12BrN5OS/c1-24-16-20-15(23)13-11-8-10(17)2-3-12(11)19-14(22(13)21-16)9-4-6-18-7-5-9/h2-8,14H,1H3,(H,20,21,23)/t14-/m0/s1. The summed E-state index contributed by atoms with van der Waals surface area (Å²) in [5.74, 6) is -0.178. The summed E-state index contributed by atoms with van der Waals surface area (Å²) in [7, 11) is 0. The normalized spacial score (nSPS) is 19.0. The second kappa shape index (κ2) is 6.03. The Morgan fingerprint density at radius 2 is 2.04 bits per heavy atom. The Labute approximate surface area is 150 Å². The largest absolute Gasteiger partial charge is 0.298 e. The number of fused-ring (bicyclic) bond motifs is 2. The number of nitrogens with one attached hydrogen (secondary N) is 1. The van der Waals surface area contributed by atoms with Crippen LogP contribution in [-0.2, 0) is 4.79 Å². The fourth-order valence-corrected chi connectivity index (χ4v) is 3.42. The number of carbonyl (C=O) groups is 1. The van der Waals surface area contributed by atoms with Crippen LogP contribution in [0.2, 0.25) is 0 Å². The third kappa shape index (κ3) is 2.51. The number of hydrogen-bond acceptors (Lipinski definition) is 6. The van der Waals surface area contributed by atoms with Crippen molar-refractivity contribution in [2.75, 3.05) is 6.26 Å². The number of rotatable bonds is 1. The topological polar surface area (TPSA) is 70.0 Å². The van der Waals surface area contributed by atoms with Gasteiger partial charge in [0.2, 0.25) is 0 Å². The lowest BCUT2D eigenvalue weighted by Gasteiger charge is -2.33. The number of carbonyl (C=O) groups excluding carboxylic acids is 1. The predicted octanol–water partition coefficient (Wildman–Crippen LogP) is 1.35. The van der Waals surface area contributed by atoms with Gasteiger partial charge in [-0.2, -0.15) is 0 Å². The zero-order chi connectivity index (χ0) is 16.7. The molecule has 1 N–H and O–H groups in total. The van der Waals surface area contributed by atoms with Crippen molar-refractivity contribution in [1.29, 1.82) is 0 Å². The van der Waals surface area contributed by atoms with Crippen LogP contribution in [0.15, 0.2) is 57.3 Å². The van der Waals surface area contributed by atoms with Gasteiger partial charge in [-0.25, -0.2) is 5.01 Å². The zero-order valence-electron chi connectivity index (χ0n) is 12.6. The third-order valence-electron chi connectivity index (χ3n) is 3.77. The first-order valence-corrected chi connectivity index (χ1v) is 9.20. The van der Waals surface area contributed by atoms with Crippen LogP contribution in [0.4, 0.5) is 0 Å². The molecule has 2 aliphatic heterocycles. The van der Waals surface area contributed by atoms with E-state index in [2.05, 4.69) is 31.3 Å². The summed E-state index contributed by atoms with van der Waals surface area (Å²) >= 11 is 4.85. The van der Waals surface area contributed by atoms with Crippen molar-refractivity contribution in [1.82, 2.24) is 15.3 Å². The minimum atomic E-state index is -0.398. The molecule has 1 aromatic carbocycles. The molecule has 1 atom stereocenters. The van der Waals surface area contributed by atoms with E-state index in [9.17, 15) is 4.79 Å². The lowest BCUT2D eigenvalue weighted by atomic mass is 10.1. The van der Waals surface area contributed by atoms with E-state index in [0.29, 0.717) is 10.9 Å². The number of nitrogens with zero attached hydrogens (tertiary/aromatic N) is 4. The molecule has 0 saturated carbocycles. The molecule has 0 bridgehead atoms. The lowest BCUT2D eigenvalue weighted by molar-refractivity contribution is -0.116. The molecular weight excluding hydrogens is 390 g/mol. The molecule has 8 heteroatoms. The summed E-state index contributed by atoms with van der Waals surface area (Å²) in [6, 6.07) is 9.48. The van der Waals surface area contributed by atoms with E-state index in [4.69, 9.17) is 4.99 Å². The van der Waals surface area contributed by atoms with Crippen LogP contribution < -0.4 is 15.9 Å². The number of hydrogen-bond donors (Lipinski definition) is 1. The fourth-order valence-electron chi connectivity index (χ4n) is 2.70. The first-order valence-electron chi connectivity index (χ1n) is 7.18. The van der Waals surface area contributed by atoms with E-state index in [0.717, 1.165) is 20.6 Å². The van der Waals surface area contributed by atoms with E-state index in [1.165, 1.54) is 11.8 Å². The van der Waals surface area contributed by atoms with Crippen LogP contribution in [0.25, 0.3) is 5.70 Å². The monoisotopic (exact) mass is 401 g/mol. The van der Waals surface area contributed by atoms with Gasteiger partial charge in [-0.15, -0.1) is 5.10 Å². The second-order valence-corrected chi connectivity index (χ2v) is 6.91. The van der Waals surface area contributed by atoms with Gasteiger partial charge in [0.25, 0.3) is 5.91 Å². The molecule has 2 aliphatic rings. The van der Waals surface area contributed by atoms with Gasteiger partial charge in [0.1, 0.15) is 5.70 Å². The van der Waals surface area contributed by atoms with Crippen LogP contribution >= 0.6 is 27.7 Å². The molecule has 1 aromatic heterocycles. The minimum absolute atomic E-state index is 0.178. The van der Waals surface area contributed by atoms with E-state index in [-0.39, 0.29) is 5.91 Å². The van der Waals surface area contributed by atoms with Crippen LogP contribution in [0.3, 0.4) is 0 Å². The lowest BCUT2D eigenvalue weighted by Crippen LogP contribution is -2.50. The highest BCUT2D eigenvalue weighted by Crippen LogP contribution is 2.30. The number of benzene rings is 1. The van der Waals surface area contributed by atoms with Gasteiger partial charge in [0.15, 0.2) is 11.3 Å². The van der Waals surface area contributed by atoms with Crippen molar-refractivity contribution in [3.63, 3.8) is 0 Å². The number of hydrazone groups is 1. The Kier molecular flexibility index (Phi) is 3.85. The molecule has 4 rings (SSSR count).